The largest absolute Gasteiger partial charge is 0.457 e. The molecule has 148 valence electrons. The molecular weight excluding hydrogens is 366 g/mol. The average Bonchev–Trinajstić information content (AvgIpc) is 2.96. The predicted molar refractivity (Wildman–Crippen MR) is 107 cm³/mol. The van der Waals surface area contributed by atoms with Crippen molar-refractivity contribution in [3.63, 3.8) is 0 Å². The summed E-state index contributed by atoms with van der Waals surface area (Å²) >= 11 is 1.16. The molecule has 2 heterocycles. The SMILES string of the molecule is C=CCOC(=O)c1sc2nc(CN(CCC)CC(O)CC)[nH]c(=O)c2c1C. The van der Waals surface area contributed by atoms with Gasteiger partial charge in [-0.2, -0.15) is 0 Å². The Morgan fingerprint density at radius 1 is 1.48 bits per heavy atom. The van der Waals surface area contributed by atoms with Gasteiger partial charge in [-0.15, -0.1) is 11.3 Å². The Labute approximate surface area is 162 Å². The van der Waals surface area contributed by atoms with E-state index in [-0.39, 0.29) is 12.2 Å². The number of aromatic nitrogens is 2. The van der Waals surface area contributed by atoms with Crippen LogP contribution >= 0.6 is 11.3 Å². The van der Waals surface area contributed by atoms with Crippen molar-refractivity contribution in [1.82, 2.24) is 14.9 Å². The van der Waals surface area contributed by atoms with Gasteiger partial charge in [0.25, 0.3) is 5.56 Å². The molecule has 0 aliphatic rings. The maximum atomic E-state index is 12.6. The highest BCUT2D eigenvalue weighted by Gasteiger charge is 2.21. The van der Waals surface area contributed by atoms with Gasteiger partial charge in [-0.1, -0.05) is 26.5 Å². The minimum Gasteiger partial charge on any atom is -0.457 e. The normalized spacial score (nSPS) is 12.5. The van der Waals surface area contributed by atoms with Gasteiger partial charge in [-0.25, -0.2) is 9.78 Å². The number of hydrogen-bond donors (Lipinski definition) is 2. The Kier molecular flexibility index (Phi) is 7.70. The molecule has 0 aliphatic carbocycles. The van der Waals surface area contributed by atoms with E-state index in [0.29, 0.717) is 46.0 Å². The van der Waals surface area contributed by atoms with E-state index in [2.05, 4.69) is 28.4 Å². The second-order valence-electron chi connectivity index (χ2n) is 6.43. The van der Waals surface area contributed by atoms with Crippen molar-refractivity contribution in [3.8, 4) is 0 Å². The van der Waals surface area contributed by atoms with Crippen molar-refractivity contribution in [2.75, 3.05) is 19.7 Å². The molecule has 0 bridgehead atoms. The number of carbonyl (C=O) groups excluding carboxylic acids is 1. The summed E-state index contributed by atoms with van der Waals surface area (Å²) in [6, 6.07) is 0. The molecule has 8 heteroatoms. The molecule has 0 saturated carbocycles. The number of ether oxygens (including phenoxy) is 1. The lowest BCUT2D eigenvalue weighted by Gasteiger charge is -2.23. The van der Waals surface area contributed by atoms with Gasteiger partial charge in [0.15, 0.2) is 0 Å². The summed E-state index contributed by atoms with van der Waals surface area (Å²) in [7, 11) is 0. The Bertz CT molecular complexity index is 858. The molecule has 0 saturated heterocycles. The number of esters is 1. The van der Waals surface area contributed by atoms with Gasteiger partial charge in [0, 0.05) is 6.54 Å². The standard InChI is InChI=1S/C19H27N3O4S/c1-5-8-22(10-13(23)7-3)11-14-20-17(24)15-12(4)16(27-18(15)21-14)19(25)26-9-6-2/h6,13,23H,2,5,7-11H2,1,3-4H3,(H,20,21,24). The summed E-state index contributed by atoms with van der Waals surface area (Å²) in [5, 5.41) is 10.4. The Balaban J connectivity index is 2.33. The molecule has 2 N–H and O–H groups in total. The number of aromatic amines is 1. The summed E-state index contributed by atoms with van der Waals surface area (Å²) in [5.41, 5.74) is 0.315. The zero-order valence-corrected chi connectivity index (χ0v) is 16.9. The minimum atomic E-state index is -0.477. The smallest absolute Gasteiger partial charge is 0.348 e. The lowest BCUT2D eigenvalue weighted by Crippen LogP contribution is -2.33. The number of aryl methyl sites for hydroxylation is 1. The number of rotatable bonds is 10. The van der Waals surface area contributed by atoms with Gasteiger partial charge in [0.1, 0.15) is 22.1 Å². The maximum absolute atomic E-state index is 12.6. The Hall–Kier alpha value is -2.03. The molecule has 0 radical (unpaired) electrons. The number of aliphatic hydroxyl groups excluding tert-OH is 1. The fourth-order valence-corrected chi connectivity index (χ4v) is 3.94. The highest BCUT2D eigenvalue weighted by molar-refractivity contribution is 7.20. The van der Waals surface area contributed by atoms with Crippen molar-refractivity contribution in [3.05, 3.63) is 39.3 Å². The molecule has 2 aromatic heterocycles. The number of carbonyl (C=O) groups is 1. The lowest BCUT2D eigenvalue weighted by molar-refractivity contribution is 0.0554. The Morgan fingerprint density at radius 3 is 2.85 bits per heavy atom. The molecule has 0 amide bonds. The van der Waals surface area contributed by atoms with Crippen LogP contribution < -0.4 is 5.56 Å². The first kappa shape index (κ1) is 21.3. The first-order valence-corrected chi connectivity index (χ1v) is 9.93. The summed E-state index contributed by atoms with van der Waals surface area (Å²) in [6.07, 6.45) is 2.68. The topological polar surface area (TPSA) is 95.5 Å². The van der Waals surface area contributed by atoms with Gasteiger partial charge in [-0.3, -0.25) is 9.69 Å². The second kappa shape index (κ2) is 9.77. The average molecular weight is 394 g/mol. The van der Waals surface area contributed by atoms with Crippen LogP contribution in [0.15, 0.2) is 17.4 Å². The van der Waals surface area contributed by atoms with E-state index in [1.807, 2.05) is 6.92 Å². The molecule has 7 nitrogen and oxygen atoms in total. The van der Waals surface area contributed by atoms with Crippen LogP contribution in [0.3, 0.4) is 0 Å². The van der Waals surface area contributed by atoms with E-state index in [0.717, 1.165) is 24.3 Å². The van der Waals surface area contributed by atoms with Crippen molar-refractivity contribution >= 4 is 27.5 Å². The molecule has 2 aromatic rings. The van der Waals surface area contributed by atoms with E-state index in [1.165, 1.54) is 6.08 Å². The van der Waals surface area contributed by atoms with Crippen LogP contribution in [0.4, 0.5) is 0 Å². The van der Waals surface area contributed by atoms with Crippen LogP contribution in [-0.2, 0) is 11.3 Å². The van der Waals surface area contributed by atoms with Crippen molar-refractivity contribution in [2.45, 2.75) is 46.3 Å². The third kappa shape index (κ3) is 5.24. The molecule has 1 atom stereocenters. The van der Waals surface area contributed by atoms with E-state index >= 15 is 0 Å². The number of nitrogens with zero attached hydrogens (tertiary/aromatic N) is 2. The summed E-state index contributed by atoms with van der Waals surface area (Å²) < 4.78 is 5.09. The fraction of sp³-hybridized carbons (Fsp3) is 0.526. The Morgan fingerprint density at radius 2 is 2.22 bits per heavy atom. The molecule has 27 heavy (non-hydrogen) atoms. The van der Waals surface area contributed by atoms with E-state index in [1.54, 1.807) is 6.92 Å². The third-order valence-electron chi connectivity index (χ3n) is 4.22. The molecule has 0 fully saturated rings. The first-order valence-electron chi connectivity index (χ1n) is 9.11. The fourth-order valence-electron chi connectivity index (χ4n) is 2.85. The van der Waals surface area contributed by atoms with Gasteiger partial charge in [-0.05, 0) is 31.9 Å². The van der Waals surface area contributed by atoms with Crippen LogP contribution in [0.2, 0.25) is 0 Å². The van der Waals surface area contributed by atoms with Gasteiger partial charge in [0.2, 0.25) is 0 Å². The van der Waals surface area contributed by atoms with Crippen molar-refractivity contribution in [2.24, 2.45) is 0 Å². The van der Waals surface area contributed by atoms with Crippen LogP contribution in [0.25, 0.3) is 10.2 Å². The highest BCUT2D eigenvalue weighted by atomic mass is 32.1. The summed E-state index contributed by atoms with van der Waals surface area (Å²) in [5.74, 6) is 0.0477. The van der Waals surface area contributed by atoms with Crippen LogP contribution in [0.5, 0.6) is 0 Å². The van der Waals surface area contributed by atoms with Crippen molar-refractivity contribution in [1.29, 1.82) is 0 Å². The highest BCUT2D eigenvalue weighted by Crippen LogP contribution is 2.27. The number of hydrogen-bond acceptors (Lipinski definition) is 7. The summed E-state index contributed by atoms with van der Waals surface area (Å²) in [6.45, 7) is 11.1. The zero-order valence-electron chi connectivity index (χ0n) is 16.1. The molecule has 0 aliphatic heterocycles. The van der Waals surface area contributed by atoms with Crippen LogP contribution in [0.1, 0.15) is 47.7 Å². The second-order valence-corrected chi connectivity index (χ2v) is 7.43. The van der Waals surface area contributed by atoms with Gasteiger partial charge >= 0.3 is 5.97 Å². The number of nitrogens with one attached hydrogen (secondary N) is 1. The van der Waals surface area contributed by atoms with Gasteiger partial charge in [0.05, 0.1) is 18.0 Å². The van der Waals surface area contributed by atoms with Crippen LogP contribution in [0, 0.1) is 6.92 Å². The lowest BCUT2D eigenvalue weighted by atomic mass is 10.2. The third-order valence-corrected chi connectivity index (χ3v) is 5.39. The number of aliphatic hydroxyl groups is 1. The first-order chi connectivity index (χ1) is 12.9. The quantitative estimate of drug-likeness (QED) is 0.476. The number of H-pyrrole nitrogens is 1. The molecule has 2 rings (SSSR count). The molecule has 1 unspecified atom stereocenters. The minimum absolute atomic E-state index is 0.118. The zero-order chi connectivity index (χ0) is 20.0. The molecular formula is C19H27N3O4S. The van der Waals surface area contributed by atoms with Gasteiger partial charge < -0.3 is 14.8 Å². The number of thiophene rings is 1. The van der Waals surface area contributed by atoms with Crippen LogP contribution in [-0.4, -0.2) is 51.7 Å². The molecule has 0 aromatic carbocycles. The molecule has 0 spiro atoms. The maximum Gasteiger partial charge on any atom is 0.348 e. The van der Waals surface area contributed by atoms with E-state index < -0.39 is 12.1 Å². The summed E-state index contributed by atoms with van der Waals surface area (Å²) in [4.78, 5) is 35.1. The number of fused-ring (bicyclic) bond motifs is 1. The van der Waals surface area contributed by atoms with E-state index in [4.69, 9.17) is 4.74 Å². The van der Waals surface area contributed by atoms with Crippen molar-refractivity contribution < 1.29 is 14.6 Å². The predicted octanol–water partition coefficient (Wildman–Crippen LogP) is 2.62. The monoisotopic (exact) mass is 393 g/mol. The van der Waals surface area contributed by atoms with E-state index in [9.17, 15) is 14.7 Å².